The van der Waals surface area contributed by atoms with Gasteiger partial charge in [-0.2, -0.15) is 0 Å². The van der Waals surface area contributed by atoms with Gasteiger partial charge in [0.25, 0.3) is 0 Å². The van der Waals surface area contributed by atoms with Gasteiger partial charge in [0.1, 0.15) is 11.5 Å². The zero-order chi connectivity index (χ0) is 18.3. The number of benzene rings is 2. The van der Waals surface area contributed by atoms with Crippen molar-refractivity contribution >= 4 is 11.6 Å². The van der Waals surface area contributed by atoms with E-state index in [2.05, 4.69) is 0 Å². The SMILES string of the molecule is CN(C(=O)C(C)(C)C)c1ccc(OCCCOc2ccccc2)cc1. The summed E-state index contributed by atoms with van der Waals surface area (Å²) in [5.41, 5.74) is 0.461. The van der Waals surface area contributed by atoms with Crippen molar-refractivity contribution in [3.63, 3.8) is 0 Å². The molecule has 1 amide bonds. The highest BCUT2D eigenvalue weighted by Gasteiger charge is 2.25. The highest BCUT2D eigenvalue weighted by Crippen LogP contribution is 2.24. The van der Waals surface area contributed by atoms with Gasteiger partial charge in [0.2, 0.25) is 5.91 Å². The van der Waals surface area contributed by atoms with Crippen LogP contribution in [0.1, 0.15) is 27.2 Å². The summed E-state index contributed by atoms with van der Waals surface area (Å²) in [5, 5.41) is 0. The Hall–Kier alpha value is -2.49. The van der Waals surface area contributed by atoms with Crippen LogP contribution in [-0.4, -0.2) is 26.2 Å². The van der Waals surface area contributed by atoms with Gasteiger partial charge >= 0.3 is 0 Å². The maximum atomic E-state index is 12.3. The van der Waals surface area contributed by atoms with Crippen molar-refractivity contribution in [2.24, 2.45) is 5.41 Å². The molecular formula is C21H27NO3. The Balaban J connectivity index is 1.76. The van der Waals surface area contributed by atoms with Gasteiger partial charge in [-0.1, -0.05) is 39.0 Å². The molecule has 25 heavy (non-hydrogen) atoms. The second-order valence-electron chi connectivity index (χ2n) is 6.97. The third-order valence-corrected chi connectivity index (χ3v) is 3.74. The number of carbonyl (C=O) groups excluding carboxylic acids is 1. The van der Waals surface area contributed by atoms with Crippen molar-refractivity contribution in [1.82, 2.24) is 0 Å². The van der Waals surface area contributed by atoms with Crippen LogP contribution >= 0.6 is 0 Å². The normalized spacial score (nSPS) is 11.0. The lowest BCUT2D eigenvalue weighted by Gasteiger charge is -2.26. The highest BCUT2D eigenvalue weighted by atomic mass is 16.5. The van der Waals surface area contributed by atoms with E-state index in [4.69, 9.17) is 9.47 Å². The first-order valence-corrected chi connectivity index (χ1v) is 8.57. The number of para-hydroxylation sites is 1. The fraction of sp³-hybridized carbons (Fsp3) is 0.381. The molecule has 0 aliphatic carbocycles. The molecule has 0 aliphatic rings. The van der Waals surface area contributed by atoms with Crippen LogP contribution < -0.4 is 14.4 Å². The zero-order valence-electron chi connectivity index (χ0n) is 15.5. The van der Waals surface area contributed by atoms with E-state index in [0.29, 0.717) is 13.2 Å². The highest BCUT2D eigenvalue weighted by molar-refractivity contribution is 5.96. The Morgan fingerprint density at radius 2 is 1.40 bits per heavy atom. The number of ether oxygens (including phenoxy) is 2. The van der Waals surface area contributed by atoms with Crippen LogP contribution in [-0.2, 0) is 4.79 Å². The quantitative estimate of drug-likeness (QED) is 0.694. The minimum Gasteiger partial charge on any atom is -0.493 e. The van der Waals surface area contributed by atoms with Gasteiger partial charge in [-0.05, 0) is 36.4 Å². The van der Waals surface area contributed by atoms with Gasteiger partial charge in [0.15, 0.2) is 0 Å². The van der Waals surface area contributed by atoms with E-state index in [1.165, 1.54) is 0 Å². The number of rotatable bonds is 7. The molecule has 0 saturated heterocycles. The average Bonchev–Trinajstić information content (AvgIpc) is 2.61. The molecule has 134 valence electrons. The molecule has 4 heteroatoms. The molecule has 0 fully saturated rings. The first-order valence-electron chi connectivity index (χ1n) is 8.57. The summed E-state index contributed by atoms with van der Waals surface area (Å²) in [4.78, 5) is 14.0. The summed E-state index contributed by atoms with van der Waals surface area (Å²) < 4.78 is 11.4. The molecule has 0 radical (unpaired) electrons. The monoisotopic (exact) mass is 341 g/mol. The van der Waals surface area contributed by atoms with Crippen LogP contribution in [0.2, 0.25) is 0 Å². The summed E-state index contributed by atoms with van der Waals surface area (Å²) in [5.74, 6) is 1.75. The van der Waals surface area contributed by atoms with Crippen molar-refractivity contribution in [3.05, 3.63) is 54.6 Å². The van der Waals surface area contributed by atoms with E-state index in [0.717, 1.165) is 23.6 Å². The molecule has 0 bridgehead atoms. The van der Waals surface area contributed by atoms with Crippen molar-refractivity contribution < 1.29 is 14.3 Å². The average molecular weight is 341 g/mol. The third kappa shape index (κ3) is 5.82. The Morgan fingerprint density at radius 1 is 0.880 bits per heavy atom. The van der Waals surface area contributed by atoms with E-state index in [1.54, 1.807) is 11.9 Å². The number of hydrogen-bond acceptors (Lipinski definition) is 3. The van der Waals surface area contributed by atoms with Crippen LogP contribution in [0.3, 0.4) is 0 Å². The number of anilines is 1. The van der Waals surface area contributed by atoms with Gasteiger partial charge in [0, 0.05) is 24.6 Å². The molecule has 0 unspecified atom stereocenters. The summed E-state index contributed by atoms with van der Waals surface area (Å²) in [7, 11) is 1.80. The largest absolute Gasteiger partial charge is 0.493 e. The summed E-state index contributed by atoms with van der Waals surface area (Å²) in [6.45, 7) is 6.95. The van der Waals surface area contributed by atoms with Crippen molar-refractivity contribution in [3.8, 4) is 11.5 Å². The fourth-order valence-electron chi connectivity index (χ4n) is 2.34. The Morgan fingerprint density at radius 3 is 1.92 bits per heavy atom. The molecule has 2 aromatic rings. The first-order chi connectivity index (χ1) is 11.9. The molecule has 2 aromatic carbocycles. The van der Waals surface area contributed by atoms with Crippen molar-refractivity contribution in [2.45, 2.75) is 27.2 Å². The van der Waals surface area contributed by atoms with Gasteiger partial charge in [0.05, 0.1) is 13.2 Å². The van der Waals surface area contributed by atoms with Crippen LogP contribution in [0.5, 0.6) is 11.5 Å². The number of carbonyl (C=O) groups is 1. The van der Waals surface area contributed by atoms with Crippen LogP contribution in [0.25, 0.3) is 0 Å². The van der Waals surface area contributed by atoms with Crippen LogP contribution in [0.4, 0.5) is 5.69 Å². The summed E-state index contributed by atoms with van der Waals surface area (Å²) >= 11 is 0. The van der Waals surface area contributed by atoms with Crippen LogP contribution in [0, 0.1) is 5.41 Å². The molecule has 0 saturated carbocycles. The van der Waals surface area contributed by atoms with Gasteiger partial charge in [-0.15, -0.1) is 0 Å². The van der Waals surface area contributed by atoms with Gasteiger partial charge in [-0.25, -0.2) is 0 Å². The molecule has 0 atom stereocenters. The smallest absolute Gasteiger partial charge is 0.232 e. The van der Waals surface area contributed by atoms with E-state index < -0.39 is 5.41 Å². The fourth-order valence-corrected chi connectivity index (χ4v) is 2.34. The van der Waals surface area contributed by atoms with E-state index >= 15 is 0 Å². The first kappa shape index (κ1) is 18.8. The Labute approximate surface area is 150 Å². The molecular weight excluding hydrogens is 314 g/mol. The standard InChI is InChI=1S/C21H27NO3/c1-21(2,3)20(23)22(4)17-11-13-19(14-12-17)25-16-8-15-24-18-9-6-5-7-10-18/h5-7,9-14H,8,15-16H2,1-4H3. The minimum atomic E-state index is -0.400. The number of nitrogens with zero attached hydrogens (tertiary/aromatic N) is 1. The molecule has 0 aromatic heterocycles. The predicted molar refractivity (Wildman–Crippen MR) is 101 cm³/mol. The van der Waals surface area contributed by atoms with E-state index in [1.807, 2.05) is 75.4 Å². The Bertz CT molecular complexity index is 660. The summed E-state index contributed by atoms with van der Waals surface area (Å²) in [6.07, 6.45) is 0.805. The number of amides is 1. The maximum absolute atomic E-state index is 12.3. The van der Waals surface area contributed by atoms with Gasteiger partial charge < -0.3 is 14.4 Å². The molecule has 4 nitrogen and oxygen atoms in total. The van der Waals surface area contributed by atoms with E-state index in [-0.39, 0.29) is 5.91 Å². The third-order valence-electron chi connectivity index (χ3n) is 3.74. The second kappa shape index (κ2) is 8.56. The lowest BCUT2D eigenvalue weighted by Crippen LogP contribution is -2.36. The minimum absolute atomic E-state index is 0.0826. The van der Waals surface area contributed by atoms with Gasteiger partial charge in [-0.3, -0.25) is 4.79 Å². The lowest BCUT2D eigenvalue weighted by atomic mass is 9.95. The predicted octanol–water partition coefficient (Wildman–Crippen LogP) is 4.54. The maximum Gasteiger partial charge on any atom is 0.232 e. The van der Waals surface area contributed by atoms with Crippen LogP contribution in [0.15, 0.2) is 54.6 Å². The molecule has 0 spiro atoms. The number of hydrogen-bond donors (Lipinski definition) is 0. The second-order valence-corrected chi connectivity index (χ2v) is 6.97. The lowest BCUT2D eigenvalue weighted by molar-refractivity contribution is -0.125. The molecule has 0 N–H and O–H groups in total. The topological polar surface area (TPSA) is 38.8 Å². The van der Waals surface area contributed by atoms with Crippen molar-refractivity contribution in [2.75, 3.05) is 25.2 Å². The molecule has 0 aliphatic heterocycles. The zero-order valence-corrected chi connectivity index (χ0v) is 15.5. The molecule has 2 rings (SSSR count). The van der Waals surface area contributed by atoms with E-state index in [9.17, 15) is 4.79 Å². The molecule has 0 heterocycles. The Kier molecular flexibility index (Phi) is 6.45. The summed E-state index contributed by atoms with van der Waals surface area (Å²) in [6, 6.07) is 17.3. The van der Waals surface area contributed by atoms with Crippen molar-refractivity contribution in [1.29, 1.82) is 0 Å².